The highest BCUT2D eigenvalue weighted by atomic mass is 19.1. The zero-order valence-corrected chi connectivity index (χ0v) is 30.3. The molecule has 4 aliphatic carbocycles. The summed E-state index contributed by atoms with van der Waals surface area (Å²) in [6.07, 6.45) is 2.29. The van der Waals surface area contributed by atoms with Crippen molar-refractivity contribution in [3.63, 3.8) is 0 Å². The summed E-state index contributed by atoms with van der Waals surface area (Å²) < 4.78 is 36.9. The van der Waals surface area contributed by atoms with E-state index >= 15 is 4.39 Å². The van der Waals surface area contributed by atoms with Gasteiger partial charge in [-0.25, -0.2) is 4.39 Å². The van der Waals surface area contributed by atoms with Crippen molar-refractivity contribution >= 4 is 29.1 Å². The fraction of sp³-hybridized carbons (Fsp3) is 0.512. The normalized spacial score (nSPS) is 36.4. The van der Waals surface area contributed by atoms with Crippen LogP contribution < -0.4 is 10.2 Å². The molecule has 1 aliphatic heterocycles. The Hall–Kier alpha value is -4.19. The van der Waals surface area contributed by atoms with E-state index in [0.717, 1.165) is 5.69 Å². The molecule has 2 N–H and O–H groups in total. The van der Waals surface area contributed by atoms with E-state index in [4.69, 9.17) is 14.2 Å². The number of ether oxygens (including phenoxy) is 3. The number of halogens is 1. The molecule has 7 rings (SSSR count). The Labute approximate surface area is 303 Å². The molecule has 52 heavy (non-hydrogen) atoms. The monoisotopic (exact) mass is 714 g/mol. The number of amides is 1. The molecule has 1 amide bonds. The Balaban J connectivity index is 1.16. The first-order chi connectivity index (χ1) is 24.7. The molecule has 0 radical (unpaired) electrons. The molecule has 4 fully saturated rings. The lowest BCUT2D eigenvalue weighted by Gasteiger charge is -2.62. The minimum Gasteiger partial charge on any atom is -0.457 e. The number of carbonyl (C=O) groups is 4. The number of rotatable bonds is 9. The molecule has 2 aromatic rings. The van der Waals surface area contributed by atoms with Crippen molar-refractivity contribution in [1.29, 1.82) is 0 Å². The number of esters is 1. The minimum absolute atomic E-state index is 0.000633. The molecule has 11 heteroatoms. The lowest BCUT2D eigenvalue weighted by molar-refractivity contribution is -0.231. The first kappa shape index (κ1) is 36.2. The van der Waals surface area contributed by atoms with Gasteiger partial charge < -0.3 is 29.5 Å². The predicted octanol–water partition coefficient (Wildman–Crippen LogP) is 5.06. The van der Waals surface area contributed by atoms with E-state index in [0.29, 0.717) is 36.0 Å². The number of Topliss-reactive ketones (excluding diaryl/α,β-unsaturated/α-hetero) is 1. The lowest BCUT2D eigenvalue weighted by Crippen LogP contribution is -2.69. The Bertz CT molecular complexity index is 1830. The lowest BCUT2D eigenvalue weighted by atomic mass is 9.44. The van der Waals surface area contributed by atoms with E-state index in [1.54, 1.807) is 50.3 Å². The fourth-order valence-corrected chi connectivity index (χ4v) is 9.94. The van der Waals surface area contributed by atoms with Crippen molar-refractivity contribution in [1.82, 2.24) is 5.32 Å². The number of allylic oxidation sites excluding steroid dienone is 4. The summed E-state index contributed by atoms with van der Waals surface area (Å²) in [6, 6.07) is 16.2. The number of alkyl halides is 1. The fourth-order valence-electron chi connectivity index (χ4n) is 9.94. The topological polar surface area (TPSA) is 131 Å². The second-order valence-corrected chi connectivity index (χ2v) is 15.8. The molecular weight excluding hydrogens is 667 g/mol. The maximum Gasteiger partial charge on any atom is 0.310 e. The molecule has 1 saturated heterocycles. The summed E-state index contributed by atoms with van der Waals surface area (Å²) in [6.45, 7) is 4.60. The van der Waals surface area contributed by atoms with Gasteiger partial charge in [-0.3, -0.25) is 19.2 Å². The highest BCUT2D eigenvalue weighted by molar-refractivity contribution is 6.01. The zero-order chi connectivity index (χ0) is 37.2. The summed E-state index contributed by atoms with van der Waals surface area (Å²) >= 11 is 0. The van der Waals surface area contributed by atoms with E-state index in [1.165, 1.54) is 12.2 Å². The van der Waals surface area contributed by atoms with Crippen LogP contribution in [0, 0.1) is 28.6 Å². The molecule has 10 nitrogen and oxygen atoms in total. The second-order valence-electron chi connectivity index (χ2n) is 15.8. The van der Waals surface area contributed by atoms with Gasteiger partial charge in [0.05, 0.1) is 18.1 Å². The van der Waals surface area contributed by atoms with Gasteiger partial charge >= 0.3 is 5.97 Å². The van der Waals surface area contributed by atoms with E-state index in [9.17, 15) is 24.3 Å². The maximum absolute atomic E-state index is 17.9. The number of hydrogen-bond acceptors (Lipinski definition) is 9. The van der Waals surface area contributed by atoms with Gasteiger partial charge in [0, 0.05) is 54.2 Å². The summed E-state index contributed by atoms with van der Waals surface area (Å²) in [4.78, 5) is 54.7. The van der Waals surface area contributed by atoms with Gasteiger partial charge in [0.25, 0.3) is 5.91 Å². The summed E-state index contributed by atoms with van der Waals surface area (Å²) in [5, 5.41) is 14.7. The molecule has 2 aromatic carbocycles. The van der Waals surface area contributed by atoms with E-state index in [2.05, 4.69) is 5.32 Å². The van der Waals surface area contributed by atoms with E-state index in [-0.39, 0.29) is 24.7 Å². The van der Waals surface area contributed by atoms with E-state index in [1.807, 2.05) is 50.2 Å². The number of aliphatic hydroxyl groups is 1. The number of aliphatic hydroxyl groups excluding tert-OH is 1. The number of nitrogens with zero attached hydrogens (tertiary/aromatic N) is 1. The summed E-state index contributed by atoms with van der Waals surface area (Å²) in [5.74, 6) is -3.58. The van der Waals surface area contributed by atoms with Crippen molar-refractivity contribution in [2.45, 2.75) is 76.2 Å². The number of nitrogens with one attached hydrogen (secondary N) is 1. The van der Waals surface area contributed by atoms with Crippen LogP contribution in [0.15, 0.2) is 78.4 Å². The standard InChI is InChI=1S/C41H47FN2O8/c1-24(22-43-35(48)25-9-7-6-8-10-25)36(49)50-23-33(47)41-34(51-37(52-41)26-11-14-28(15-12-26)44(4)5)20-31-30-16-13-27-19-29(45)17-18-38(27,2)40(30,42)32(46)21-39(31,41)3/h6-12,14-15,17-19,24,30-32,34,37,46H,13,16,20-23H2,1-5H3,(H,43,48)/t24?,30-,31-,32-,34+,37?,38?,39?,40-,41?/m0/s1. The molecule has 0 aromatic heterocycles. The summed E-state index contributed by atoms with van der Waals surface area (Å²) in [7, 11) is 3.86. The number of hydrogen-bond donors (Lipinski definition) is 2. The highest BCUT2D eigenvalue weighted by Gasteiger charge is 2.79. The van der Waals surface area contributed by atoms with Gasteiger partial charge in [0.15, 0.2) is 29.9 Å². The van der Waals surface area contributed by atoms with Crippen LogP contribution in [-0.2, 0) is 28.6 Å². The third-order valence-corrected chi connectivity index (χ3v) is 12.8. The second kappa shape index (κ2) is 13.0. The van der Waals surface area contributed by atoms with Gasteiger partial charge in [0.2, 0.25) is 5.78 Å². The van der Waals surface area contributed by atoms with Crippen molar-refractivity contribution in [2.24, 2.45) is 28.6 Å². The van der Waals surface area contributed by atoms with Gasteiger partial charge in [-0.2, -0.15) is 0 Å². The first-order valence-corrected chi connectivity index (χ1v) is 18.1. The SMILES string of the molecule is CC(CNC(=O)c1ccccc1)C(=O)OCC(=O)C12OC(c3ccc(N(C)C)cc3)O[C@@H]1C[C@H]1[C@@H]3CCC4=CC(=O)C=CC4(C)[C@@]3(F)[C@@H](O)CC12C. The van der Waals surface area contributed by atoms with Crippen LogP contribution in [0.1, 0.15) is 68.7 Å². The third-order valence-electron chi connectivity index (χ3n) is 12.8. The Kier molecular flexibility index (Phi) is 9.07. The van der Waals surface area contributed by atoms with Crippen LogP contribution in [0.3, 0.4) is 0 Å². The molecule has 5 unspecified atom stereocenters. The third kappa shape index (κ3) is 5.38. The van der Waals surface area contributed by atoms with Crippen LogP contribution in [0.25, 0.3) is 0 Å². The maximum atomic E-state index is 17.9. The van der Waals surface area contributed by atoms with Crippen LogP contribution in [-0.4, -0.2) is 79.3 Å². The molecule has 0 bridgehead atoms. The number of ketones is 2. The average Bonchev–Trinajstić information content (AvgIpc) is 3.63. The molecule has 3 saturated carbocycles. The van der Waals surface area contributed by atoms with Crippen LogP contribution in [0.2, 0.25) is 0 Å². The van der Waals surface area contributed by atoms with E-state index < -0.39 is 76.7 Å². The molecule has 10 atom stereocenters. The number of fused-ring (bicyclic) bond motifs is 7. The molecule has 5 aliphatic rings. The molecular formula is C41H47FN2O8. The quantitative estimate of drug-likeness (QED) is 0.342. The summed E-state index contributed by atoms with van der Waals surface area (Å²) in [5.41, 5.74) is -3.27. The van der Waals surface area contributed by atoms with Gasteiger partial charge in [0.1, 0.15) is 0 Å². The Morgan fingerprint density at radius 3 is 2.48 bits per heavy atom. The van der Waals surface area contributed by atoms with Crippen LogP contribution >= 0.6 is 0 Å². The highest BCUT2D eigenvalue weighted by Crippen LogP contribution is 2.72. The first-order valence-electron chi connectivity index (χ1n) is 18.1. The van der Waals surface area contributed by atoms with Crippen LogP contribution in [0.4, 0.5) is 10.1 Å². The molecule has 1 heterocycles. The number of carbonyl (C=O) groups excluding carboxylic acids is 4. The van der Waals surface area contributed by atoms with Crippen molar-refractivity contribution < 1.29 is 42.9 Å². The Morgan fingerprint density at radius 1 is 1.08 bits per heavy atom. The van der Waals surface area contributed by atoms with Gasteiger partial charge in [-0.05, 0) is 74.9 Å². The van der Waals surface area contributed by atoms with Gasteiger partial charge in [-0.15, -0.1) is 0 Å². The minimum atomic E-state index is -2.10. The van der Waals surface area contributed by atoms with Crippen molar-refractivity contribution in [3.8, 4) is 0 Å². The largest absolute Gasteiger partial charge is 0.457 e. The van der Waals surface area contributed by atoms with Crippen molar-refractivity contribution in [3.05, 3.63) is 89.5 Å². The average molecular weight is 715 g/mol. The smallest absolute Gasteiger partial charge is 0.310 e. The molecule has 0 spiro atoms. The Morgan fingerprint density at radius 2 is 1.79 bits per heavy atom. The predicted molar refractivity (Wildman–Crippen MR) is 190 cm³/mol. The number of benzene rings is 2. The van der Waals surface area contributed by atoms with Crippen LogP contribution in [0.5, 0.6) is 0 Å². The van der Waals surface area contributed by atoms with Gasteiger partial charge in [-0.1, -0.05) is 55.8 Å². The number of anilines is 1. The molecule has 276 valence electrons. The van der Waals surface area contributed by atoms with Crippen molar-refractivity contribution in [2.75, 3.05) is 32.1 Å². The zero-order valence-electron chi connectivity index (χ0n) is 30.3.